The van der Waals surface area contributed by atoms with Crippen LogP contribution in [0.15, 0.2) is 82.7 Å². The molecule has 7 heteroatoms. The second-order valence-electron chi connectivity index (χ2n) is 7.54. The summed E-state index contributed by atoms with van der Waals surface area (Å²) in [6.45, 7) is 2.47. The number of benzene rings is 3. The van der Waals surface area contributed by atoms with E-state index in [1.807, 2.05) is 49.4 Å². The normalized spacial score (nSPS) is 15.9. The summed E-state index contributed by atoms with van der Waals surface area (Å²) in [6.07, 6.45) is 1.80. The van der Waals surface area contributed by atoms with Crippen molar-refractivity contribution in [2.45, 2.75) is 13.5 Å². The first-order valence-corrected chi connectivity index (χ1v) is 11.1. The Bertz CT molecular complexity index is 1280. The summed E-state index contributed by atoms with van der Waals surface area (Å²) in [4.78, 5) is 30.5. The predicted octanol–water partition coefficient (Wildman–Crippen LogP) is 5.51. The highest BCUT2D eigenvalue weighted by Gasteiger charge is 2.30. The highest BCUT2D eigenvalue weighted by molar-refractivity contribution is 8.18. The lowest BCUT2D eigenvalue weighted by molar-refractivity contribution is -0.121. The van der Waals surface area contributed by atoms with Gasteiger partial charge in [-0.2, -0.15) is 0 Å². The van der Waals surface area contributed by atoms with Gasteiger partial charge in [-0.3, -0.25) is 9.69 Å². The highest BCUT2D eigenvalue weighted by Crippen LogP contribution is 2.35. The van der Waals surface area contributed by atoms with Crippen molar-refractivity contribution in [2.24, 2.45) is 4.99 Å². The number of aliphatic imine (C=N–C) groups is 1. The smallest absolute Gasteiger partial charge is 0.335 e. The lowest BCUT2D eigenvalue weighted by Crippen LogP contribution is -2.23. The minimum atomic E-state index is -1.02. The van der Waals surface area contributed by atoms with Crippen molar-refractivity contribution in [3.05, 3.63) is 100.0 Å². The van der Waals surface area contributed by atoms with Crippen molar-refractivity contribution in [1.82, 2.24) is 4.90 Å². The molecule has 0 spiro atoms. The first-order chi connectivity index (χ1) is 15.9. The average molecular weight is 459 g/mol. The van der Waals surface area contributed by atoms with Crippen molar-refractivity contribution < 1.29 is 19.4 Å². The second kappa shape index (κ2) is 9.75. The molecule has 1 amide bonds. The Labute approximate surface area is 196 Å². The molecule has 1 heterocycles. The van der Waals surface area contributed by atoms with Crippen molar-refractivity contribution >= 4 is 40.6 Å². The minimum Gasteiger partial charge on any atom is -0.488 e. The molecular weight excluding hydrogens is 436 g/mol. The molecule has 0 radical (unpaired) electrons. The molecule has 1 aliphatic heterocycles. The van der Waals surface area contributed by atoms with Gasteiger partial charge >= 0.3 is 5.97 Å². The van der Waals surface area contributed by atoms with Crippen molar-refractivity contribution in [3.63, 3.8) is 0 Å². The molecule has 0 aliphatic carbocycles. The SMILES string of the molecule is Cc1cccc(COc2ccccc2C=C2SC(=Nc3cccc(C(=O)O)c3)N(C)C2=O)c1. The van der Waals surface area contributed by atoms with Gasteiger partial charge in [0.1, 0.15) is 12.4 Å². The first-order valence-electron chi connectivity index (χ1n) is 10.3. The van der Waals surface area contributed by atoms with Gasteiger partial charge in [0.25, 0.3) is 5.91 Å². The molecule has 3 aromatic carbocycles. The number of ether oxygens (including phenoxy) is 1. The number of carboxylic acids is 1. The van der Waals surface area contributed by atoms with Crippen LogP contribution in [0.4, 0.5) is 5.69 Å². The number of carbonyl (C=O) groups excluding carboxylic acids is 1. The van der Waals surface area contributed by atoms with Crippen LogP contribution >= 0.6 is 11.8 Å². The zero-order valence-electron chi connectivity index (χ0n) is 18.2. The molecule has 1 fully saturated rings. The van der Waals surface area contributed by atoms with Gasteiger partial charge in [0, 0.05) is 12.6 Å². The van der Waals surface area contributed by atoms with Crippen LogP contribution < -0.4 is 4.74 Å². The number of amidine groups is 1. The van der Waals surface area contributed by atoms with Crippen molar-refractivity contribution in [3.8, 4) is 5.75 Å². The van der Waals surface area contributed by atoms with Crippen LogP contribution in [-0.2, 0) is 11.4 Å². The van der Waals surface area contributed by atoms with Crippen LogP contribution in [0, 0.1) is 6.92 Å². The van der Waals surface area contributed by atoms with Crippen LogP contribution in [0.25, 0.3) is 6.08 Å². The molecule has 1 N–H and O–H groups in total. The Morgan fingerprint density at radius 3 is 2.67 bits per heavy atom. The lowest BCUT2D eigenvalue weighted by Gasteiger charge is -2.10. The predicted molar refractivity (Wildman–Crippen MR) is 131 cm³/mol. The van der Waals surface area contributed by atoms with Gasteiger partial charge in [-0.05, 0) is 54.6 Å². The topological polar surface area (TPSA) is 79.2 Å². The molecule has 33 heavy (non-hydrogen) atoms. The second-order valence-corrected chi connectivity index (χ2v) is 8.55. The molecule has 4 rings (SSSR count). The van der Waals surface area contributed by atoms with Gasteiger partial charge in [-0.25, -0.2) is 9.79 Å². The Morgan fingerprint density at radius 2 is 1.88 bits per heavy atom. The number of carbonyl (C=O) groups is 2. The van der Waals surface area contributed by atoms with E-state index < -0.39 is 5.97 Å². The molecule has 0 unspecified atom stereocenters. The fourth-order valence-electron chi connectivity index (χ4n) is 3.31. The third-order valence-electron chi connectivity index (χ3n) is 5.00. The third kappa shape index (κ3) is 5.32. The number of hydrogen-bond donors (Lipinski definition) is 1. The van der Waals surface area contributed by atoms with Crippen LogP contribution in [0.2, 0.25) is 0 Å². The van der Waals surface area contributed by atoms with Gasteiger partial charge in [0.15, 0.2) is 5.17 Å². The summed E-state index contributed by atoms with van der Waals surface area (Å²) >= 11 is 1.24. The van der Waals surface area contributed by atoms with E-state index in [1.165, 1.54) is 34.4 Å². The molecular formula is C26H22N2O4S. The van der Waals surface area contributed by atoms with Crippen molar-refractivity contribution in [2.75, 3.05) is 7.05 Å². The first kappa shape index (κ1) is 22.4. The zero-order chi connectivity index (χ0) is 23.4. The van der Waals surface area contributed by atoms with E-state index in [9.17, 15) is 14.7 Å². The Morgan fingerprint density at radius 1 is 1.09 bits per heavy atom. The van der Waals surface area contributed by atoms with Crippen LogP contribution in [0.5, 0.6) is 5.75 Å². The molecule has 0 atom stereocenters. The Kier molecular flexibility index (Phi) is 6.60. The number of para-hydroxylation sites is 1. The van der Waals surface area contributed by atoms with Gasteiger partial charge in [0.05, 0.1) is 16.2 Å². The fraction of sp³-hybridized carbons (Fsp3) is 0.115. The van der Waals surface area contributed by atoms with Gasteiger partial charge < -0.3 is 9.84 Å². The number of aryl methyl sites for hydroxylation is 1. The summed E-state index contributed by atoms with van der Waals surface area (Å²) in [5.74, 6) is -0.521. The molecule has 166 valence electrons. The number of nitrogens with zero attached hydrogens (tertiary/aromatic N) is 2. The number of likely N-dealkylation sites (N-methyl/N-ethyl adjacent to an activating group) is 1. The summed E-state index contributed by atoms with van der Waals surface area (Å²) in [5, 5.41) is 9.67. The Balaban J connectivity index is 1.57. The van der Waals surface area contributed by atoms with E-state index in [-0.39, 0.29) is 11.5 Å². The number of aromatic carboxylic acids is 1. The molecule has 0 bridgehead atoms. The molecule has 0 aromatic heterocycles. The zero-order valence-corrected chi connectivity index (χ0v) is 19.0. The van der Waals surface area contributed by atoms with Crippen molar-refractivity contribution in [1.29, 1.82) is 0 Å². The lowest BCUT2D eigenvalue weighted by atomic mass is 10.1. The van der Waals surface area contributed by atoms with E-state index in [0.717, 1.165) is 11.1 Å². The maximum Gasteiger partial charge on any atom is 0.335 e. The van der Waals surface area contributed by atoms with E-state index in [2.05, 4.69) is 11.1 Å². The van der Waals surface area contributed by atoms with Crippen LogP contribution in [0.3, 0.4) is 0 Å². The van der Waals surface area contributed by atoms with E-state index in [1.54, 1.807) is 25.3 Å². The monoisotopic (exact) mass is 458 g/mol. The summed E-state index contributed by atoms with van der Waals surface area (Å²) in [5.41, 5.74) is 3.65. The number of hydrogen-bond acceptors (Lipinski definition) is 5. The summed E-state index contributed by atoms with van der Waals surface area (Å²) in [7, 11) is 1.65. The maximum atomic E-state index is 12.8. The molecule has 3 aromatic rings. The van der Waals surface area contributed by atoms with E-state index in [4.69, 9.17) is 4.74 Å². The maximum absolute atomic E-state index is 12.8. The standard InChI is InChI=1S/C26H22N2O4S/c1-17-7-5-8-18(13-17)16-32-22-12-4-3-9-19(22)15-23-24(29)28(2)26(33-23)27-21-11-6-10-20(14-21)25(30)31/h3-15H,16H2,1-2H3,(H,30,31). The number of rotatable bonds is 6. The van der Waals surface area contributed by atoms with E-state index in [0.29, 0.717) is 28.1 Å². The number of thioether (sulfide) groups is 1. The summed E-state index contributed by atoms with van der Waals surface area (Å²) in [6, 6.07) is 22.0. The number of amides is 1. The molecule has 6 nitrogen and oxygen atoms in total. The van der Waals surface area contributed by atoms with Gasteiger partial charge in [-0.1, -0.05) is 54.1 Å². The molecule has 0 saturated carbocycles. The largest absolute Gasteiger partial charge is 0.488 e. The van der Waals surface area contributed by atoms with Gasteiger partial charge in [0.2, 0.25) is 0 Å². The van der Waals surface area contributed by atoms with Gasteiger partial charge in [-0.15, -0.1) is 0 Å². The number of carboxylic acid groups (broad SMARTS) is 1. The quantitative estimate of drug-likeness (QED) is 0.493. The van der Waals surface area contributed by atoms with Crippen LogP contribution in [0.1, 0.15) is 27.0 Å². The minimum absolute atomic E-state index is 0.143. The highest BCUT2D eigenvalue weighted by atomic mass is 32.2. The average Bonchev–Trinajstić information content (AvgIpc) is 3.06. The molecule has 1 aliphatic rings. The Hall–Kier alpha value is -3.84. The molecule has 1 saturated heterocycles. The van der Waals surface area contributed by atoms with E-state index >= 15 is 0 Å². The van der Waals surface area contributed by atoms with Crippen LogP contribution in [-0.4, -0.2) is 34.1 Å². The third-order valence-corrected chi connectivity index (χ3v) is 6.06. The fourth-order valence-corrected chi connectivity index (χ4v) is 4.28. The summed E-state index contributed by atoms with van der Waals surface area (Å²) < 4.78 is 6.04.